The molecule has 0 aromatic carbocycles. The lowest BCUT2D eigenvalue weighted by Crippen LogP contribution is -2.22. The van der Waals surface area contributed by atoms with Crippen LogP contribution in [0.5, 0.6) is 0 Å². The minimum Gasteiger partial charge on any atom is -0.460 e. The van der Waals surface area contributed by atoms with E-state index in [-0.39, 0.29) is 12.6 Å². The standard InChI is InChI=1S/C15H30O6S/c1-3-4-5-6-7-8-9-10-11-12-15(16)21-14(2)13-20-22(17,18)19/h14H,3-13H2,1-2H3,(H,17,18,19). The first kappa shape index (κ1) is 21.3. The van der Waals surface area contributed by atoms with Gasteiger partial charge in [0, 0.05) is 6.42 Å². The fourth-order valence-electron chi connectivity index (χ4n) is 2.08. The molecule has 0 aromatic heterocycles. The van der Waals surface area contributed by atoms with Crippen LogP contribution in [0.25, 0.3) is 0 Å². The lowest BCUT2D eigenvalue weighted by molar-refractivity contribution is -0.149. The molecule has 22 heavy (non-hydrogen) atoms. The van der Waals surface area contributed by atoms with E-state index in [1.807, 2.05) is 0 Å². The van der Waals surface area contributed by atoms with Gasteiger partial charge in [-0.25, -0.2) is 4.18 Å². The van der Waals surface area contributed by atoms with Gasteiger partial charge in [0.25, 0.3) is 0 Å². The number of unbranched alkanes of at least 4 members (excludes halogenated alkanes) is 8. The first-order chi connectivity index (χ1) is 10.3. The summed E-state index contributed by atoms with van der Waals surface area (Å²) >= 11 is 0. The number of carbonyl (C=O) groups is 1. The second-order valence-electron chi connectivity index (χ2n) is 5.59. The highest BCUT2D eigenvalue weighted by Gasteiger charge is 2.13. The van der Waals surface area contributed by atoms with Gasteiger partial charge in [-0.3, -0.25) is 9.35 Å². The number of esters is 1. The molecule has 6 nitrogen and oxygen atoms in total. The minimum atomic E-state index is -4.48. The van der Waals surface area contributed by atoms with Crippen molar-refractivity contribution in [1.82, 2.24) is 0 Å². The fraction of sp³-hybridized carbons (Fsp3) is 0.933. The summed E-state index contributed by atoms with van der Waals surface area (Å²) in [4.78, 5) is 11.5. The summed E-state index contributed by atoms with van der Waals surface area (Å²) in [6.07, 6.45) is 10.2. The van der Waals surface area contributed by atoms with Crippen LogP contribution in [0.2, 0.25) is 0 Å². The Labute approximate surface area is 134 Å². The lowest BCUT2D eigenvalue weighted by Gasteiger charge is -2.12. The van der Waals surface area contributed by atoms with E-state index in [0.717, 1.165) is 19.3 Å². The maximum Gasteiger partial charge on any atom is 0.397 e. The average molecular weight is 338 g/mol. The van der Waals surface area contributed by atoms with Crippen LogP contribution in [-0.2, 0) is 24.1 Å². The zero-order valence-corrected chi connectivity index (χ0v) is 14.6. The molecule has 0 bridgehead atoms. The Bertz CT molecular complexity index is 379. The van der Waals surface area contributed by atoms with Crippen molar-refractivity contribution in [2.45, 2.75) is 84.2 Å². The van der Waals surface area contributed by atoms with Crippen molar-refractivity contribution in [3.63, 3.8) is 0 Å². The molecule has 0 heterocycles. The molecule has 0 aliphatic rings. The first-order valence-corrected chi connectivity index (χ1v) is 9.53. The maximum absolute atomic E-state index is 11.5. The van der Waals surface area contributed by atoms with E-state index in [1.165, 1.54) is 45.4 Å². The van der Waals surface area contributed by atoms with Gasteiger partial charge in [-0.05, 0) is 13.3 Å². The molecule has 0 spiro atoms. The molecule has 1 atom stereocenters. The summed E-state index contributed by atoms with van der Waals surface area (Å²) in [5, 5.41) is 0. The van der Waals surface area contributed by atoms with Gasteiger partial charge in [0.05, 0.1) is 0 Å². The van der Waals surface area contributed by atoms with Crippen LogP contribution in [0.1, 0.15) is 78.1 Å². The smallest absolute Gasteiger partial charge is 0.397 e. The van der Waals surface area contributed by atoms with E-state index >= 15 is 0 Å². The summed E-state index contributed by atoms with van der Waals surface area (Å²) in [6, 6.07) is 0. The van der Waals surface area contributed by atoms with Gasteiger partial charge in [0.15, 0.2) is 0 Å². The molecule has 0 fully saturated rings. The highest BCUT2D eigenvalue weighted by Crippen LogP contribution is 2.11. The van der Waals surface area contributed by atoms with Crippen molar-refractivity contribution in [3.05, 3.63) is 0 Å². The van der Waals surface area contributed by atoms with E-state index in [1.54, 1.807) is 0 Å². The Hall–Kier alpha value is -0.660. The first-order valence-electron chi connectivity index (χ1n) is 8.16. The van der Waals surface area contributed by atoms with E-state index in [4.69, 9.17) is 9.29 Å². The third-order valence-electron chi connectivity index (χ3n) is 3.27. The Morgan fingerprint density at radius 3 is 2.00 bits per heavy atom. The molecule has 0 rings (SSSR count). The van der Waals surface area contributed by atoms with E-state index in [0.29, 0.717) is 6.42 Å². The van der Waals surface area contributed by atoms with Crippen molar-refractivity contribution in [1.29, 1.82) is 0 Å². The van der Waals surface area contributed by atoms with Crippen LogP contribution in [0.4, 0.5) is 0 Å². The Kier molecular flexibility index (Phi) is 12.5. The number of carbonyl (C=O) groups excluding carboxylic acids is 1. The molecule has 0 amide bonds. The molecule has 0 aliphatic heterocycles. The van der Waals surface area contributed by atoms with Gasteiger partial charge < -0.3 is 4.74 Å². The SMILES string of the molecule is CCCCCCCCCCCC(=O)OC(C)COS(=O)(=O)O. The van der Waals surface area contributed by atoms with Crippen LogP contribution in [0.3, 0.4) is 0 Å². The zero-order valence-electron chi connectivity index (χ0n) is 13.8. The van der Waals surface area contributed by atoms with Crippen molar-refractivity contribution < 1.29 is 26.7 Å². The summed E-state index contributed by atoms with van der Waals surface area (Å²) < 4.78 is 38.3. The van der Waals surface area contributed by atoms with E-state index in [9.17, 15) is 13.2 Å². The van der Waals surface area contributed by atoms with Crippen molar-refractivity contribution in [2.24, 2.45) is 0 Å². The third kappa shape index (κ3) is 15.7. The molecule has 0 aliphatic carbocycles. The topological polar surface area (TPSA) is 89.9 Å². The fourth-order valence-corrected chi connectivity index (χ4v) is 2.44. The number of ether oxygens (including phenoxy) is 1. The van der Waals surface area contributed by atoms with E-state index < -0.39 is 16.5 Å². The van der Waals surface area contributed by atoms with Crippen molar-refractivity contribution in [3.8, 4) is 0 Å². The summed E-state index contributed by atoms with van der Waals surface area (Å²) in [5.41, 5.74) is 0. The quantitative estimate of drug-likeness (QED) is 0.295. The Morgan fingerprint density at radius 2 is 1.50 bits per heavy atom. The van der Waals surface area contributed by atoms with Gasteiger partial charge in [-0.1, -0.05) is 58.3 Å². The second-order valence-corrected chi connectivity index (χ2v) is 6.68. The van der Waals surface area contributed by atoms with Crippen LogP contribution < -0.4 is 0 Å². The number of hydrogen-bond donors (Lipinski definition) is 1. The van der Waals surface area contributed by atoms with Gasteiger partial charge in [-0.2, -0.15) is 8.42 Å². The monoisotopic (exact) mass is 338 g/mol. The van der Waals surface area contributed by atoms with Gasteiger partial charge in [0.1, 0.15) is 12.7 Å². The number of hydrogen-bond acceptors (Lipinski definition) is 5. The molecular formula is C15H30O6S. The number of rotatable bonds is 14. The predicted octanol–water partition coefficient (Wildman–Crippen LogP) is 3.66. The molecule has 1 N–H and O–H groups in total. The van der Waals surface area contributed by atoms with Gasteiger partial charge >= 0.3 is 16.4 Å². The highest BCUT2D eigenvalue weighted by molar-refractivity contribution is 7.80. The van der Waals surface area contributed by atoms with E-state index in [2.05, 4.69) is 11.1 Å². The minimum absolute atomic E-state index is 0.325. The normalized spacial score (nSPS) is 13.0. The van der Waals surface area contributed by atoms with Crippen molar-refractivity contribution in [2.75, 3.05) is 6.61 Å². The van der Waals surface area contributed by atoms with Gasteiger partial charge in [-0.15, -0.1) is 0 Å². The van der Waals surface area contributed by atoms with Crippen LogP contribution >= 0.6 is 0 Å². The van der Waals surface area contributed by atoms with Crippen LogP contribution in [0, 0.1) is 0 Å². The average Bonchev–Trinajstić information content (AvgIpc) is 2.42. The van der Waals surface area contributed by atoms with Crippen LogP contribution in [0.15, 0.2) is 0 Å². The molecule has 0 aromatic rings. The Morgan fingerprint density at radius 1 is 1.00 bits per heavy atom. The summed E-state index contributed by atoms with van der Waals surface area (Å²) in [7, 11) is -4.48. The predicted molar refractivity (Wildman–Crippen MR) is 84.9 cm³/mol. The second kappa shape index (κ2) is 12.8. The molecule has 1 unspecified atom stereocenters. The van der Waals surface area contributed by atoms with Gasteiger partial charge in [0.2, 0.25) is 0 Å². The summed E-state index contributed by atoms with van der Waals surface area (Å²) in [6.45, 7) is 3.34. The summed E-state index contributed by atoms with van der Waals surface area (Å²) in [5.74, 6) is -0.366. The molecular weight excluding hydrogens is 308 g/mol. The molecule has 0 saturated carbocycles. The zero-order chi connectivity index (χ0) is 16.8. The Balaban J connectivity index is 3.46. The molecule has 132 valence electrons. The molecule has 7 heteroatoms. The largest absolute Gasteiger partial charge is 0.460 e. The van der Waals surface area contributed by atoms with Crippen LogP contribution in [-0.4, -0.2) is 31.7 Å². The highest BCUT2D eigenvalue weighted by atomic mass is 32.3. The van der Waals surface area contributed by atoms with Crippen molar-refractivity contribution >= 4 is 16.4 Å². The maximum atomic E-state index is 11.5. The third-order valence-corrected chi connectivity index (χ3v) is 3.70. The lowest BCUT2D eigenvalue weighted by atomic mass is 10.1. The molecule has 0 saturated heterocycles. The molecule has 0 radical (unpaired) electrons.